The molecule has 0 aliphatic carbocycles. The van der Waals surface area contributed by atoms with Crippen LogP contribution in [-0.4, -0.2) is 49.6 Å². The highest BCUT2D eigenvalue weighted by molar-refractivity contribution is 5.77. The van der Waals surface area contributed by atoms with Crippen LogP contribution in [0.3, 0.4) is 0 Å². The van der Waals surface area contributed by atoms with E-state index >= 15 is 0 Å². The number of nitrogens with one attached hydrogen (secondary N) is 2. The monoisotopic (exact) mass is 213 g/mol. The van der Waals surface area contributed by atoms with Crippen LogP contribution in [0.4, 0.5) is 0 Å². The van der Waals surface area contributed by atoms with Crippen LogP contribution in [0.15, 0.2) is 0 Å². The maximum absolute atomic E-state index is 11.2. The van der Waals surface area contributed by atoms with E-state index in [1.807, 2.05) is 6.92 Å². The van der Waals surface area contributed by atoms with Crippen LogP contribution < -0.4 is 10.6 Å². The summed E-state index contributed by atoms with van der Waals surface area (Å²) in [5.74, 6) is 0.0959. The lowest BCUT2D eigenvalue weighted by Crippen LogP contribution is -2.41. The summed E-state index contributed by atoms with van der Waals surface area (Å²) in [6.07, 6.45) is 2.55. The Hall–Kier alpha value is -0.610. The first-order valence-electron chi connectivity index (χ1n) is 5.99. The summed E-state index contributed by atoms with van der Waals surface area (Å²) in [4.78, 5) is 13.7. The van der Waals surface area contributed by atoms with Crippen molar-refractivity contribution < 1.29 is 4.79 Å². The van der Waals surface area contributed by atoms with E-state index in [0.717, 1.165) is 13.1 Å². The molecule has 0 bridgehead atoms. The molecular formula is C11H23N3O. The second-order valence-electron chi connectivity index (χ2n) is 4.01. The summed E-state index contributed by atoms with van der Waals surface area (Å²) in [6.45, 7) is 8.56. The molecule has 0 spiro atoms. The molecule has 0 saturated carbocycles. The molecule has 1 heterocycles. The fourth-order valence-electron chi connectivity index (χ4n) is 2.15. The standard InChI is InChI=1S/C11H23N3O/c1-3-13-11(15)9-12-8-10-6-5-7-14(10)4-2/h10,12H,3-9H2,1-2H3,(H,13,15). The maximum Gasteiger partial charge on any atom is 0.233 e. The topological polar surface area (TPSA) is 44.4 Å². The minimum Gasteiger partial charge on any atom is -0.355 e. The molecule has 1 unspecified atom stereocenters. The van der Waals surface area contributed by atoms with E-state index in [4.69, 9.17) is 0 Å². The minimum atomic E-state index is 0.0959. The van der Waals surface area contributed by atoms with Crippen LogP contribution in [0, 0.1) is 0 Å². The molecule has 1 saturated heterocycles. The SMILES string of the molecule is CCNC(=O)CNCC1CCCN1CC. The molecule has 1 fully saturated rings. The van der Waals surface area contributed by atoms with Crippen LogP contribution in [0.1, 0.15) is 26.7 Å². The molecule has 0 radical (unpaired) electrons. The summed E-state index contributed by atoms with van der Waals surface area (Å²) in [6, 6.07) is 0.629. The Morgan fingerprint density at radius 3 is 2.93 bits per heavy atom. The van der Waals surface area contributed by atoms with Gasteiger partial charge in [-0.3, -0.25) is 9.69 Å². The van der Waals surface area contributed by atoms with E-state index in [-0.39, 0.29) is 5.91 Å². The van der Waals surface area contributed by atoms with Crippen molar-refractivity contribution in [2.24, 2.45) is 0 Å². The molecule has 1 amide bonds. The number of nitrogens with zero attached hydrogens (tertiary/aromatic N) is 1. The molecule has 1 aliphatic rings. The zero-order valence-corrected chi connectivity index (χ0v) is 9.88. The van der Waals surface area contributed by atoms with Gasteiger partial charge >= 0.3 is 0 Å². The summed E-state index contributed by atoms with van der Waals surface area (Å²) in [5, 5.41) is 6.00. The summed E-state index contributed by atoms with van der Waals surface area (Å²) >= 11 is 0. The smallest absolute Gasteiger partial charge is 0.233 e. The molecule has 0 aromatic heterocycles. The lowest BCUT2D eigenvalue weighted by molar-refractivity contribution is -0.120. The third-order valence-electron chi connectivity index (χ3n) is 2.94. The first-order valence-corrected chi connectivity index (χ1v) is 5.99. The van der Waals surface area contributed by atoms with Crippen molar-refractivity contribution in [1.29, 1.82) is 0 Å². The number of carbonyl (C=O) groups excluding carboxylic acids is 1. The van der Waals surface area contributed by atoms with Gasteiger partial charge in [0.25, 0.3) is 0 Å². The fraction of sp³-hybridized carbons (Fsp3) is 0.909. The average Bonchev–Trinajstić information content (AvgIpc) is 2.66. The molecule has 1 rings (SSSR count). The third-order valence-corrected chi connectivity index (χ3v) is 2.94. The quantitative estimate of drug-likeness (QED) is 0.662. The summed E-state index contributed by atoms with van der Waals surface area (Å²) < 4.78 is 0. The van der Waals surface area contributed by atoms with Gasteiger partial charge in [-0.25, -0.2) is 0 Å². The van der Waals surface area contributed by atoms with Crippen molar-refractivity contribution >= 4 is 5.91 Å². The molecular weight excluding hydrogens is 190 g/mol. The van der Waals surface area contributed by atoms with E-state index in [0.29, 0.717) is 19.1 Å². The summed E-state index contributed by atoms with van der Waals surface area (Å²) in [5.41, 5.74) is 0. The van der Waals surface area contributed by atoms with E-state index in [9.17, 15) is 4.79 Å². The van der Waals surface area contributed by atoms with Crippen LogP contribution in [0.5, 0.6) is 0 Å². The fourth-order valence-corrected chi connectivity index (χ4v) is 2.15. The highest BCUT2D eigenvalue weighted by atomic mass is 16.1. The van der Waals surface area contributed by atoms with Gasteiger partial charge in [-0.15, -0.1) is 0 Å². The van der Waals surface area contributed by atoms with Gasteiger partial charge in [0.15, 0.2) is 0 Å². The molecule has 88 valence electrons. The predicted octanol–water partition coefficient (Wildman–Crippen LogP) is 0.196. The number of hydrogen-bond acceptors (Lipinski definition) is 3. The van der Waals surface area contributed by atoms with Crippen molar-refractivity contribution in [1.82, 2.24) is 15.5 Å². The molecule has 1 atom stereocenters. The molecule has 4 heteroatoms. The second-order valence-corrected chi connectivity index (χ2v) is 4.01. The number of likely N-dealkylation sites (tertiary alicyclic amines) is 1. The summed E-state index contributed by atoms with van der Waals surface area (Å²) in [7, 11) is 0. The molecule has 2 N–H and O–H groups in total. The number of hydrogen-bond donors (Lipinski definition) is 2. The van der Waals surface area contributed by atoms with Crippen LogP contribution in [0.2, 0.25) is 0 Å². The van der Waals surface area contributed by atoms with E-state index < -0.39 is 0 Å². The number of amides is 1. The molecule has 0 aromatic carbocycles. The van der Waals surface area contributed by atoms with Gasteiger partial charge < -0.3 is 10.6 Å². The van der Waals surface area contributed by atoms with E-state index in [2.05, 4.69) is 22.5 Å². The third kappa shape index (κ3) is 4.18. The molecule has 1 aliphatic heterocycles. The molecule has 4 nitrogen and oxygen atoms in total. The van der Waals surface area contributed by atoms with Crippen molar-refractivity contribution in [2.75, 3.05) is 32.7 Å². The zero-order valence-electron chi connectivity index (χ0n) is 9.88. The van der Waals surface area contributed by atoms with E-state index in [1.165, 1.54) is 19.4 Å². The Balaban J connectivity index is 2.11. The lowest BCUT2D eigenvalue weighted by Gasteiger charge is -2.22. The van der Waals surface area contributed by atoms with Gasteiger partial charge in [-0.2, -0.15) is 0 Å². The molecule has 15 heavy (non-hydrogen) atoms. The van der Waals surface area contributed by atoms with Crippen molar-refractivity contribution in [3.63, 3.8) is 0 Å². The Morgan fingerprint density at radius 2 is 2.27 bits per heavy atom. The van der Waals surface area contributed by atoms with Gasteiger partial charge in [0.1, 0.15) is 0 Å². The Kier molecular flexibility index (Phi) is 5.65. The number of carbonyl (C=O) groups is 1. The van der Waals surface area contributed by atoms with Crippen LogP contribution in [0.25, 0.3) is 0 Å². The Bertz CT molecular complexity index is 196. The predicted molar refractivity (Wildman–Crippen MR) is 61.8 cm³/mol. The second kappa shape index (κ2) is 6.80. The first-order chi connectivity index (χ1) is 7.27. The van der Waals surface area contributed by atoms with Crippen molar-refractivity contribution in [3.05, 3.63) is 0 Å². The van der Waals surface area contributed by atoms with Crippen LogP contribution in [-0.2, 0) is 4.79 Å². The van der Waals surface area contributed by atoms with Gasteiger partial charge in [0, 0.05) is 19.1 Å². The highest BCUT2D eigenvalue weighted by Gasteiger charge is 2.22. The Labute approximate surface area is 92.4 Å². The van der Waals surface area contributed by atoms with Crippen molar-refractivity contribution in [3.8, 4) is 0 Å². The van der Waals surface area contributed by atoms with Crippen LogP contribution >= 0.6 is 0 Å². The van der Waals surface area contributed by atoms with Gasteiger partial charge in [0.05, 0.1) is 6.54 Å². The lowest BCUT2D eigenvalue weighted by atomic mass is 10.2. The highest BCUT2D eigenvalue weighted by Crippen LogP contribution is 2.15. The number of likely N-dealkylation sites (N-methyl/N-ethyl adjacent to an activating group) is 2. The van der Waals surface area contributed by atoms with E-state index in [1.54, 1.807) is 0 Å². The zero-order chi connectivity index (χ0) is 11.1. The van der Waals surface area contributed by atoms with Crippen molar-refractivity contribution in [2.45, 2.75) is 32.7 Å². The van der Waals surface area contributed by atoms with Gasteiger partial charge in [-0.1, -0.05) is 6.92 Å². The Morgan fingerprint density at radius 1 is 1.47 bits per heavy atom. The van der Waals surface area contributed by atoms with Gasteiger partial charge in [-0.05, 0) is 32.9 Å². The normalized spacial score (nSPS) is 21.9. The molecule has 0 aromatic rings. The minimum absolute atomic E-state index is 0.0959. The average molecular weight is 213 g/mol. The van der Waals surface area contributed by atoms with Gasteiger partial charge in [0.2, 0.25) is 5.91 Å². The first kappa shape index (κ1) is 12.5. The largest absolute Gasteiger partial charge is 0.355 e. The maximum atomic E-state index is 11.2. The number of rotatable bonds is 6.